The van der Waals surface area contributed by atoms with Crippen molar-refractivity contribution >= 4 is 11.3 Å². The first-order chi connectivity index (χ1) is 7.31. The molecular formula is C12H17NOS. The molecule has 0 spiro atoms. The summed E-state index contributed by atoms with van der Waals surface area (Å²) in [4.78, 5) is 2.84. The van der Waals surface area contributed by atoms with Crippen LogP contribution in [0.15, 0.2) is 12.1 Å². The summed E-state index contributed by atoms with van der Waals surface area (Å²) < 4.78 is 5.82. The van der Waals surface area contributed by atoms with Gasteiger partial charge in [0.05, 0.1) is 12.2 Å². The van der Waals surface area contributed by atoms with E-state index < -0.39 is 0 Å². The molecule has 1 N–H and O–H groups in total. The molecule has 15 heavy (non-hydrogen) atoms. The second kappa shape index (κ2) is 3.89. The first-order valence-electron chi connectivity index (χ1n) is 5.75. The van der Waals surface area contributed by atoms with Crippen LogP contribution < -0.4 is 5.32 Å². The van der Waals surface area contributed by atoms with Crippen molar-refractivity contribution in [3.63, 3.8) is 0 Å². The molecule has 3 heterocycles. The number of aryl methyl sites for hydroxylation is 1. The Balaban J connectivity index is 1.54. The zero-order valence-electron chi connectivity index (χ0n) is 9.03. The van der Waals surface area contributed by atoms with Crippen molar-refractivity contribution < 1.29 is 4.74 Å². The summed E-state index contributed by atoms with van der Waals surface area (Å²) in [6, 6.07) is 5.02. The van der Waals surface area contributed by atoms with Crippen LogP contribution in [0.4, 0.5) is 0 Å². The molecule has 0 aliphatic carbocycles. The zero-order chi connectivity index (χ0) is 10.3. The van der Waals surface area contributed by atoms with E-state index in [1.165, 1.54) is 29.0 Å². The zero-order valence-corrected chi connectivity index (χ0v) is 9.85. The summed E-state index contributed by atoms with van der Waals surface area (Å²) in [5.74, 6) is 0. The highest BCUT2D eigenvalue weighted by molar-refractivity contribution is 7.11. The molecule has 1 aromatic rings. The monoisotopic (exact) mass is 223 g/mol. The maximum absolute atomic E-state index is 5.82. The molecule has 2 saturated heterocycles. The average Bonchev–Trinajstić information content (AvgIpc) is 2.90. The van der Waals surface area contributed by atoms with Crippen molar-refractivity contribution in [2.75, 3.05) is 0 Å². The number of fused-ring (bicyclic) bond motifs is 2. The smallest absolute Gasteiger partial charge is 0.0733 e. The Morgan fingerprint density at radius 2 is 2.40 bits per heavy atom. The minimum absolute atomic E-state index is 0.496. The first kappa shape index (κ1) is 9.82. The third-order valence-corrected chi connectivity index (χ3v) is 4.44. The van der Waals surface area contributed by atoms with E-state index in [-0.39, 0.29) is 0 Å². The Morgan fingerprint density at radius 1 is 1.47 bits per heavy atom. The molecule has 2 nitrogen and oxygen atoms in total. The maximum Gasteiger partial charge on any atom is 0.0733 e. The van der Waals surface area contributed by atoms with Crippen molar-refractivity contribution in [2.24, 2.45) is 0 Å². The van der Waals surface area contributed by atoms with Crippen LogP contribution in [-0.2, 0) is 11.3 Å². The summed E-state index contributed by atoms with van der Waals surface area (Å²) in [6.45, 7) is 3.17. The van der Waals surface area contributed by atoms with Gasteiger partial charge in [-0.15, -0.1) is 11.3 Å². The average molecular weight is 223 g/mol. The van der Waals surface area contributed by atoms with E-state index in [1.807, 2.05) is 11.3 Å². The summed E-state index contributed by atoms with van der Waals surface area (Å²) in [5, 5.41) is 3.63. The van der Waals surface area contributed by atoms with Gasteiger partial charge >= 0.3 is 0 Å². The predicted octanol–water partition coefficient (Wildman–Crippen LogP) is 2.47. The molecule has 3 atom stereocenters. The number of ether oxygens (including phenoxy) is 1. The van der Waals surface area contributed by atoms with Gasteiger partial charge in [-0.05, 0) is 38.3 Å². The highest BCUT2D eigenvalue weighted by atomic mass is 32.1. The van der Waals surface area contributed by atoms with Crippen LogP contribution in [0.2, 0.25) is 0 Å². The second-order valence-corrected chi connectivity index (χ2v) is 5.98. The molecular weight excluding hydrogens is 206 g/mol. The molecule has 3 heteroatoms. The lowest BCUT2D eigenvalue weighted by Crippen LogP contribution is -2.36. The van der Waals surface area contributed by atoms with Gasteiger partial charge in [0.25, 0.3) is 0 Å². The van der Waals surface area contributed by atoms with E-state index in [0.29, 0.717) is 18.2 Å². The van der Waals surface area contributed by atoms with Crippen LogP contribution in [0.3, 0.4) is 0 Å². The summed E-state index contributed by atoms with van der Waals surface area (Å²) in [7, 11) is 0. The first-order valence-corrected chi connectivity index (χ1v) is 6.57. The number of rotatable bonds is 3. The highest BCUT2D eigenvalue weighted by Gasteiger charge is 2.40. The molecule has 1 aromatic heterocycles. The lowest BCUT2D eigenvalue weighted by Gasteiger charge is -2.19. The molecule has 3 unspecified atom stereocenters. The lowest BCUT2D eigenvalue weighted by molar-refractivity contribution is 0.0973. The molecule has 82 valence electrons. The van der Waals surface area contributed by atoms with Gasteiger partial charge in [0.15, 0.2) is 0 Å². The van der Waals surface area contributed by atoms with Crippen LogP contribution in [-0.4, -0.2) is 18.2 Å². The van der Waals surface area contributed by atoms with Gasteiger partial charge in [-0.2, -0.15) is 0 Å². The Bertz CT molecular complexity index is 349. The Morgan fingerprint density at radius 3 is 3.00 bits per heavy atom. The molecule has 2 fully saturated rings. The van der Waals surface area contributed by atoms with Crippen LogP contribution in [0.5, 0.6) is 0 Å². The molecule has 2 bridgehead atoms. The van der Waals surface area contributed by atoms with Gasteiger partial charge in [0.2, 0.25) is 0 Å². The number of hydrogen-bond donors (Lipinski definition) is 1. The third-order valence-electron chi connectivity index (χ3n) is 3.44. The standard InChI is InChI=1S/C12H17NOS/c1-8-2-4-10(15-8)7-13-11-6-9-3-5-12(11)14-9/h2,4,9,11-13H,3,5-7H2,1H3. The van der Waals surface area contributed by atoms with Crippen LogP contribution >= 0.6 is 11.3 Å². The minimum Gasteiger partial charge on any atom is -0.373 e. The van der Waals surface area contributed by atoms with Gasteiger partial charge < -0.3 is 10.1 Å². The minimum atomic E-state index is 0.496. The van der Waals surface area contributed by atoms with E-state index in [9.17, 15) is 0 Å². The lowest BCUT2D eigenvalue weighted by atomic mass is 9.95. The number of hydrogen-bond acceptors (Lipinski definition) is 3. The fourth-order valence-corrected chi connectivity index (χ4v) is 3.51. The molecule has 0 saturated carbocycles. The highest BCUT2D eigenvalue weighted by Crippen LogP contribution is 2.34. The summed E-state index contributed by atoms with van der Waals surface area (Å²) >= 11 is 1.89. The van der Waals surface area contributed by atoms with Crippen LogP contribution in [0.1, 0.15) is 29.0 Å². The van der Waals surface area contributed by atoms with E-state index in [2.05, 4.69) is 24.4 Å². The van der Waals surface area contributed by atoms with Gasteiger partial charge in [0.1, 0.15) is 0 Å². The van der Waals surface area contributed by atoms with Crippen molar-refractivity contribution in [3.05, 3.63) is 21.9 Å². The Labute approximate surface area is 94.6 Å². The third kappa shape index (κ3) is 1.96. The number of thiophene rings is 1. The number of nitrogens with one attached hydrogen (secondary N) is 1. The molecule has 0 aromatic carbocycles. The second-order valence-electron chi connectivity index (χ2n) is 4.61. The van der Waals surface area contributed by atoms with Crippen molar-refractivity contribution in [1.82, 2.24) is 5.32 Å². The quantitative estimate of drug-likeness (QED) is 0.850. The fraction of sp³-hybridized carbons (Fsp3) is 0.667. The van der Waals surface area contributed by atoms with Gasteiger partial charge in [0, 0.05) is 22.3 Å². The molecule has 2 aliphatic rings. The molecule has 3 rings (SSSR count). The largest absolute Gasteiger partial charge is 0.373 e. The molecule has 2 aliphatic heterocycles. The topological polar surface area (TPSA) is 21.3 Å². The Hall–Kier alpha value is -0.380. The van der Waals surface area contributed by atoms with Crippen LogP contribution in [0.25, 0.3) is 0 Å². The molecule has 0 amide bonds. The SMILES string of the molecule is Cc1ccc(CNC2CC3CCC2O3)s1. The maximum atomic E-state index is 5.82. The van der Waals surface area contributed by atoms with Crippen molar-refractivity contribution in [3.8, 4) is 0 Å². The fourth-order valence-electron chi connectivity index (χ4n) is 2.66. The Kier molecular flexibility index (Phi) is 2.54. The predicted molar refractivity (Wildman–Crippen MR) is 62.2 cm³/mol. The van der Waals surface area contributed by atoms with Gasteiger partial charge in [-0.1, -0.05) is 0 Å². The molecule has 0 radical (unpaired) electrons. The normalized spacial score (nSPS) is 33.8. The van der Waals surface area contributed by atoms with E-state index in [4.69, 9.17) is 4.74 Å². The van der Waals surface area contributed by atoms with E-state index >= 15 is 0 Å². The van der Waals surface area contributed by atoms with Gasteiger partial charge in [-0.25, -0.2) is 0 Å². The summed E-state index contributed by atoms with van der Waals surface area (Å²) in [6.07, 6.45) is 4.80. The van der Waals surface area contributed by atoms with Crippen molar-refractivity contribution in [1.29, 1.82) is 0 Å². The van der Waals surface area contributed by atoms with Crippen LogP contribution in [0, 0.1) is 6.92 Å². The van der Waals surface area contributed by atoms with Gasteiger partial charge in [-0.3, -0.25) is 0 Å². The van der Waals surface area contributed by atoms with Crippen molar-refractivity contribution in [2.45, 2.75) is 51.0 Å². The summed E-state index contributed by atoms with van der Waals surface area (Å²) in [5.41, 5.74) is 0. The van der Waals surface area contributed by atoms with E-state index in [0.717, 1.165) is 6.54 Å². The van der Waals surface area contributed by atoms with E-state index in [1.54, 1.807) is 0 Å².